The van der Waals surface area contributed by atoms with Crippen LogP contribution in [0.5, 0.6) is 5.75 Å². The third-order valence-electron chi connectivity index (χ3n) is 2.75. The Morgan fingerprint density at radius 1 is 0.917 bits per heavy atom. The van der Waals surface area contributed by atoms with E-state index in [0.29, 0.717) is 26.5 Å². The molecule has 1 N–H and O–H groups in total. The Bertz CT molecular complexity index is 752. The summed E-state index contributed by atoms with van der Waals surface area (Å²) in [6.45, 7) is -0.811. The lowest BCUT2D eigenvalue weighted by molar-refractivity contribution is -0.149. The molecular formula is C16H12Cl3NO4. The van der Waals surface area contributed by atoms with Crippen molar-refractivity contribution >= 4 is 52.4 Å². The molecule has 126 valence electrons. The number of hydrogen-bond acceptors (Lipinski definition) is 4. The Morgan fingerprint density at radius 2 is 1.67 bits per heavy atom. The van der Waals surface area contributed by atoms with Crippen molar-refractivity contribution in [1.82, 2.24) is 0 Å². The van der Waals surface area contributed by atoms with Crippen molar-refractivity contribution in [3.05, 3.63) is 57.5 Å². The SMILES string of the molecule is O=C(COC(=O)COc1ccccc1Cl)Nc1ccc(Cl)c(Cl)c1. The van der Waals surface area contributed by atoms with Crippen molar-refractivity contribution in [2.75, 3.05) is 18.5 Å². The first kappa shape index (κ1) is 18.4. The zero-order chi connectivity index (χ0) is 17.5. The van der Waals surface area contributed by atoms with Gasteiger partial charge in [-0.05, 0) is 30.3 Å². The van der Waals surface area contributed by atoms with Gasteiger partial charge in [-0.2, -0.15) is 0 Å². The fourth-order valence-corrected chi connectivity index (χ4v) is 2.15. The van der Waals surface area contributed by atoms with Crippen LogP contribution in [0.25, 0.3) is 0 Å². The van der Waals surface area contributed by atoms with Gasteiger partial charge in [-0.25, -0.2) is 4.79 Å². The van der Waals surface area contributed by atoms with Crippen LogP contribution in [0, 0.1) is 0 Å². The van der Waals surface area contributed by atoms with E-state index in [2.05, 4.69) is 5.32 Å². The number of para-hydroxylation sites is 1. The largest absolute Gasteiger partial charge is 0.480 e. The van der Waals surface area contributed by atoms with Crippen molar-refractivity contribution in [2.24, 2.45) is 0 Å². The van der Waals surface area contributed by atoms with Gasteiger partial charge in [0.1, 0.15) is 5.75 Å². The minimum atomic E-state index is -0.695. The molecule has 0 aliphatic carbocycles. The van der Waals surface area contributed by atoms with Gasteiger partial charge < -0.3 is 14.8 Å². The van der Waals surface area contributed by atoms with E-state index >= 15 is 0 Å². The minimum Gasteiger partial charge on any atom is -0.480 e. The Balaban J connectivity index is 1.76. The molecule has 0 saturated heterocycles. The maximum atomic E-state index is 11.7. The molecule has 0 aliphatic rings. The average Bonchev–Trinajstić information content (AvgIpc) is 2.55. The predicted octanol–water partition coefficient (Wildman–Crippen LogP) is 4.21. The van der Waals surface area contributed by atoms with E-state index in [1.54, 1.807) is 36.4 Å². The van der Waals surface area contributed by atoms with E-state index in [9.17, 15) is 9.59 Å². The summed E-state index contributed by atoms with van der Waals surface area (Å²) in [7, 11) is 0. The molecular weight excluding hydrogens is 377 g/mol. The predicted molar refractivity (Wildman–Crippen MR) is 93.0 cm³/mol. The van der Waals surface area contributed by atoms with Crippen LogP contribution >= 0.6 is 34.8 Å². The van der Waals surface area contributed by atoms with Crippen LogP contribution in [0.2, 0.25) is 15.1 Å². The molecule has 0 unspecified atom stereocenters. The summed E-state index contributed by atoms with van der Waals surface area (Å²) in [5.74, 6) is -0.852. The zero-order valence-electron chi connectivity index (χ0n) is 12.2. The molecule has 5 nitrogen and oxygen atoms in total. The molecule has 0 spiro atoms. The molecule has 8 heteroatoms. The number of carbonyl (C=O) groups is 2. The van der Waals surface area contributed by atoms with Gasteiger partial charge in [0.25, 0.3) is 5.91 Å². The summed E-state index contributed by atoms with van der Waals surface area (Å²) < 4.78 is 10.0. The topological polar surface area (TPSA) is 64.6 Å². The number of nitrogens with one attached hydrogen (secondary N) is 1. The van der Waals surface area contributed by atoms with Gasteiger partial charge >= 0.3 is 5.97 Å². The Morgan fingerprint density at radius 3 is 2.38 bits per heavy atom. The number of benzene rings is 2. The molecule has 0 aliphatic heterocycles. The second kappa shape index (κ2) is 8.78. The molecule has 0 bridgehead atoms. The lowest BCUT2D eigenvalue weighted by Gasteiger charge is -2.09. The number of esters is 1. The summed E-state index contributed by atoms with van der Waals surface area (Å²) in [5.41, 5.74) is 0.442. The highest BCUT2D eigenvalue weighted by Crippen LogP contribution is 2.25. The van der Waals surface area contributed by atoms with Crippen LogP contribution in [0.1, 0.15) is 0 Å². The molecule has 0 aromatic heterocycles. The van der Waals surface area contributed by atoms with Crippen molar-refractivity contribution in [3.63, 3.8) is 0 Å². The smallest absolute Gasteiger partial charge is 0.344 e. The second-order valence-electron chi connectivity index (χ2n) is 4.56. The molecule has 2 aromatic carbocycles. The molecule has 0 saturated carbocycles. The second-order valence-corrected chi connectivity index (χ2v) is 5.78. The van der Waals surface area contributed by atoms with E-state index in [4.69, 9.17) is 44.3 Å². The minimum absolute atomic E-state index is 0.305. The number of rotatable bonds is 6. The number of hydrogen-bond donors (Lipinski definition) is 1. The molecule has 1 amide bonds. The Labute approximate surface area is 153 Å². The third kappa shape index (κ3) is 5.60. The monoisotopic (exact) mass is 387 g/mol. The standard InChI is InChI=1S/C16H12Cl3NO4/c17-11-6-5-10(7-13(11)19)20-15(21)8-24-16(22)9-23-14-4-2-1-3-12(14)18/h1-7H,8-9H2,(H,20,21). The summed E-state index contributed by atoms with van der Waals surface area (Å²) in [5, 5.41) is 3.58. The number of carbonyl (C=O) groups excluding carboxylic acids is 2. The van der Waals surface area contributed by atoms with Gasteiger partial charge in [0, 0.05) is 5.69 Å². The fourth-order valence-electron chi connectivity index (χ4n) is 1.66. The third-order valence-corrected chi connectivity index (χ3v) is 3.80. The summed E-state index contributed by atoms with van der Waals surface area (Å²) >= 11 is 17.5. The van der Waals surface area contributed by atoms with E-state index in [-0.39, 0.29) is 6.61 Å². The van der Waals surface area contributed by atoms with E-state index in [0.717, 1.165) is 0 Å². The molecule has 0 heterocycles. The normalized spacial score (nSPS) is 10.1. The van der Waals surface area contributed by atoms with Crippen molar-refractivity contribution in [2.45, 2.75) is 0 Å². The number of halogens is 3. The first-order chi connectivity index (χ1) is 11.5. The number of anilines is 1. The highest BCUT2D eigenvalue weighted by atomic mass is 35.5. The molecule has 2 rings (SSSR count). The average molecular weight is 389 g/mol. The molecule has 0 fully saturated rings. The first-order valence-electron chi connectivity index (χ1n) is 6.73. The van der Waals surface area contributed by atoms with Gasteiger partial charge in [0.05, 0.1) is 15.1 Å². The fraction of sp³-hybridized carbons (Fsp3) is 0.125. The summed E-state index contributed by atoms with van der Waals surface area (Å²) in [4.78, 5) is 23.3. The maximum absolute atomic E-state index is 11.7. The number of ether oxygens (including phenoxy) is 2. The Kier molecular flexibility index (Phi) is 6.73. The highest BCUT2D eigenvalue weighted by molar-refractivity contribution is 6.42. The van der Waals surface area contributed by atoms with Gasteiger partial charge in [-0.15, -0.1) is 0 Å². The van der Waals surface area contributed by atoms with Crippen molar-refractivity contribution in [3.8, 4) is 5.75 Å². The molecule has 0 radical (unpaired) electrons. The molecule has 24 heavy (non-hydrogen) atoms. The van der Waals surface area contributed by atoms with Crippen LogP contribution in [0.3, 0.4) is 0 Å². The Hall–Kier alpha value is -1.95. The van der Waals surface area contributed by atoms with E-state index in [1.807, 2.05) is 0 Å². The van der Waals surface area contributed by atoms with Crippen LogP contribution in [-0.2, 0) is 14.3 Å². The quantitative estimate of drug-likeness (QED) is 0.753. The van der Waals surface area contributed by atoms with Crippen LogP contribution in [0.15, 0.2) is 42.5 Å². The van der Waals surface area contributed by atoms with Crippen molar-refractivity contribution < 1.29 is 19.1 Å². The highest BCUT2D eigenvalue weighted by Gasteiger charge is 2.10. The van der Waals surface area contributed by atoms with Crippen LogP contribution in [0.4, 0.5) is 5.69 Å². The molecule has 0 atom stereocenters. The summed E-state index contributed by atoms with van der Waals surface area (Å²) in [6, 6.07) is 11.3. The van der Waals surface area contributed by atoms with Gasteiger partial charge in [-0.1, -0.05) is 46.9 Å². The summed E-state index contributed by atoms with van der Waals surface area (Å²) in [6.07, 6.45) is 0. The van der Waals surface area contributed by atoms with Gasteiger partial charge in [0.2, 0.25) is 0 Å². The number of amides is 1. The first-order valence-corrected chi connectivity index (χ1v) is 7.87. The molecule has 2 aromatic rings. The maximum Gasteiger partial charge on any atom is 0.344 e. The van der Waals surface area contributed by atoms with E-state index < -0.39 is 18.5 Å². The van der Waals surface area contributed by atoms with E-state index in [1.165, 1.54) is 6.07 Å². The lowest BCUT2D eigenvalue weighted by atomic mass is 10.3. The van der Waals surface area contributed by atoms with Crippen molar-refractivity contribution in [1.29, 1.82) is 0 Å². The van der Waals surface area contributed by atoms with Gasteiger partial charge in [0.15, 0.2) is 13.2 Å². The van der Waals surface area contributed by atoms with Gasteiger partial charge in [-0.3, -0.25) is 4.79 Å². The zero-order valence-corrected chi connectivity index (χ0v) is 14.5. The van der Waals surface area contributed by atoms with Crippen LogP contribution in [-0.4, -0.2) is 25.1 Å². The lowest BCUT2D eigenvalue weighted by Crippen LogP contribution is -2.23. The van der Waals surface area contributed by atoms with Crippen LogP contribution < -0.4 is 10.1 Å².